The van der Waals surface area contributed by atoms with E-state index >= 15 is 0 Å². The van der Waals surface area contributed by atoms with Gasteiger partial charge < -0.3 is 24.2 Å². The number of fused-ring (bicyclic) bond motifs is 1. The van der Waals surface area contributed by atoms with Crippen LogP contribution in [-0.4, -0.2) is 101 Å². The number of benzene rings is 1. The van der Waals surface area contributed by atoms with Gasteiger partial charge in [0.2, 0.25) is 5.84 Å². The van der Waals surface area contributed by atoms with Crippen LogP contribution < -0.4 is 9.47 Å². The van der Waals surface area contributed by atoms with Gasteiger partial charge in [-0.2, -0.15) is 10.1 Å². The first-order chi connectivity index (χ1) is 17.8. The summed E-state index contributed by atoms with van der Waals surface area (Å²) in [7, 11) is 6.58. The zero-order valence-corrected chi connectivity index (χ0v) is 21.5. The fourth-order valence-corrected chi connectivity index (χ4v) is 4.35. The van der Waals surface area contributed by atoms with Crippen molar-refractivity contribution in [1.29, 1.82) is 0 Å². The summed E-state index contributed by atoms with van der Waals surface area (Å²) in [5.41, 5.74) is 2.39. The lowest BCUT2D eigenvalue weighted by molar-refractivity contribution is -0.128. The van der Waals surface area contributed by atoms with E-state index in [4.69, 9.17) is 15.9 Å². The maximum atomic E-state index is 13.4. The Hall–Kier alpha value is -4.59. The van der Waals surface area contributed by atoms with Gasteiger partial charge in [0.25, 0.3) is 11.8 Å². The molecule has 1 aromatic carbocycles. The van der Waals surface area contributed by atoms with E-state index in [1.807, 2.05) is 31.2 Å². The number of likely N-dealkylation sites (N-methyl/N-ethyl adjacent to an activating group) is 1. The molecule has 0 radical (unpaired) electrons. The van der Waals surface area contributed by atoms with Crippen LogP contribution in [0.1, 0.15) is 17.4 Å². The van der Waals surface area contributed by atoms with Crippen molar-refractivity contribution in [3.05, 3.63) is 42.2 Å². The summed E-state index contributed by atoms with van der Waals surface area (Å²) in [5, 5.41) is 4.58. The van der Waals surface area contributed by atoms with Crippen LogP contribution in [0.4, 0.5) is 0 Å². The molecule has 4 rings (SSSR count). The molecule has 37 heavy (non-hydrogen) atoms. The molecule has 1 aliphatic rings. The number of piperazine rings is 1. The number of ether oxygens (including phenoxy) is 2. The number of aromatic nitrogens is 3. The molecule has 0 N–H and O–H groups in total. The van der Waals surface area contributed by atoms with E-state index < -0.39 is 0 Å². The molecule has 192 valence electrons. The van der Waals surface area contributed by atoms with Crippen LogP contribution in [0.15, 0.2) is 41.5 Å². The Bertz CT molecular complexity index is 1410. The SMILES string of the molecule is C#CN=C(C(=O)N1CCN(C(=O)c2cc3nccc(-c4ccc(OC)c(OC)c4)n3n2)C[C@@H]1C)N(C)C. The molecule has 1 fully saturated rings. The number of rotatable bonds is 4. The molecule has 0 unspecified atom stereocenters. The van der Waals surface area contributed by atoms with E-state index in [1.165, 1.54) is 0 Å². The van der Waals surface area contributed by atoms with Crippen molar-refractivity contribution in [2.45, 2.75) is 13.0 Å². The van der Waals surface area contributed by atoms with E-state index in [9.17, 15) is 9.59 Å². The normalized spacial score (nSPS) is 15.9. The van der Waals surface area contributed by atoms with Gasteiger partial charge >= 0.3 is 0 Å². The minimum absolute atomic E-state index is 0.184. The third-order valence-corrected chi connectivity index (χ3v) is 6.22. The van der Waals surface area contributed by atoms with Crippen molar-refractivity contribution < 1.29 is 19.1 Å². The van der Waals surface area contributed by atoms with Crippen LogP contribution in [0.25, 0.3) is 16.9 Å². The van der Waals surface area contributed by atoms with Crippen molar-refractivity contribution in [3.63, 3.8) is 0 Å². The smallest absolute Gasteiger partial charge is 0.290 e. The van der Waals surface area contributed by atoms with Gasteiger partial charge in [-0.05, 0) is 31.2 Å². The molecule has 0 aliphatic carbocycles. The summed E-state index contributed by atoms with van der Waals surface area (Å²) < 4.78 is 12.4. The fourth-order valence-electron chi connectivity index (χ4n) is 4.35. The Morgan fingerprint density at radius 2 is 1.89 bits per heavy atom. The lowest BCUT2D eigenvalue weighted by Gasteiger charge is -2.40. The Balaban J connectivity index is 1.57. The molecule has 1 atom stereocenters. The van der Waals surface area contributed by atoms with Crippen molar-refractivity contribution in [2.75, 3.05) is 47.9 Å². The van der Waals surface area contributed by atoms with E-state index in [1.54, 1.807) is 59.8 Å². The molecule has 3 heterocycles. The second-order valence-electron chi connectivity index (χ2n) is 8.76. The number of carbonyl (C=O) groups excluding carboxylic acids is 2. The number of hydrogen-bond acceptors (Lipinski definition) is 7. The lowest BCUT2D eigenvalue weighted by atomic mass is 10.1. The molecule has 11 nitrogen and oxygen atoms in total. The Morgan fingerprint density at radius 1 is 1.14 bits per heavy atom. The van der Waals surface area contributed by atoms with Crippen LogP contribution in [-0.2, 0) is 4.79 Å². The van der Waals surface area contributed by atoms with Gasteiger partial charge in [0, 0.05) is 63.6 Å². The highest BCUT2D eigenvalue weighted by Gasteiger charge is 2.33. The lowest BCUT2D eigenvalue weighted by Crippen LogP contribution is -2.58. The van der Waals surface area contributed by atoms with Crippen LogP contribution in [0.2, 0.25) is 0 Å². The minimum atomic E-state index is -0.265. The summed E-state index contributed by atoms with van der Waals surface area (Å²) in [6.45, 7) is 2.95. The quantitative estimate of drug-likeness (QED) is 0.303. The molecule has 1 saturated heterocycles. The van der Waals surface area contributed by atoms with E-state index in [-0.39, 0.29) is 29.4 Å². The van der Waals surface area contributed by atoms with Gasteiger partial charge in [-0.1, -0.05) is 6.42 Å². The highest BCUT2D eigenvalue weighted by atomic mass is 16.5. The topological polar surface area (TPSA) is 105 Å². The van der Waals surface area contributed by atoms with Crippen molar-refractivity contribution in [3.8, 4) is 35.2 Å². The average Bonchev–Trinajstić information content (AvgIpc) is 3.35. The average molecular weight is 504 g/mol. The maximum Gasteiger partial charge on any atom is 0.290 e. The molecule has 11 heteroatoms. The summed E-state index contributed by atoms with van der Waals surface area (Å²) in [5.74, 6) is 0.887. The first kappa shape index (κ1) is 25.5. The van der Waals surface area contributed by atoms with Gasteiger partial charge in [-0.3, -0.25) is 9.59 Å². The van der Waals surface area contributed by atoms with Crippen molar-refractivity contribution in [2.24, 2.45) is 4.99 Å². The summed E-state index contributed by atoms with van der Waals surface area (Å²) >= 11 is 0. The third kappa shape index (κ3) is 4.91. The number of methoxy groups -OCH3 is 2. The number of aliphatic imine (C=N–C) groups is 1. The number of amides is 2. The number of nitrogens with zero attached hydrogens (tertiary/aromatic N) is 7. The number of carbonyl (C=O) groups is 2. The summed E-state index contributed by atoms with van der Waals surface area (Å²) in [6, 6.07) is 11.0. The highest BCUT2D eigenvalue weighted by molar-refractivity contribution is 6.37. The zero-order chi connectivity index (χ0) is 26.7. The Morgan fingerprint density at radius 3 is 2.54 bits per heavy atom. The van der Waals surface area contributed by atoms with Gasteiger partial charge in [0.1, 0.15) is 0 Å². The number of terminal acetylenes is 1. The van der Waals surface area contributed by atoms with Crippen molar-refractivity contribution in [1.82, 2.24) is 29.3 Å². The Labute approximate surface area is 215 Å². The largest absolute Gasteiger partial charge is 0.493 e. The fraction of sp³-hybridized carbons (Fsp3) is 0.346. The monoisotopic (exact) mass is 503 g/mol. The first-order valence-corrected chi connectivity index (χ1v) is 11.7. The predicted molar refractivity (Wildman–Crippen MR) is 139 cm³/mol. The molecule has 0 spiro atoms. The zero-order valence-electron chi connectivity index (χ0n) is 21.5. The Kier molecular flexibility index (Phi) is 7.29. The van der Waals surface area contributed by atoms with Gasteiger partial charge in [0.05, 0.1) is 19.9 Å². The van der Waals surface area contributed by atoms with Gasteiger partial charge in [0.15, 0.2) is 22.8 Å². The summed E-state index contributed by atoms with van der Waals surface area (Å²) in [6.07, 6.45) is 6.96. The first-order valence-electron chi connectivity index (χ1n) is 11.7. The number of hydrogen-bond donors (Lipinski definition) is 0. The third-order valence-electron chi connectivity index (χ3n) is 6.22. The van der Waals surface area contributed by atoms with E-state index in [0.29, 0.717) is 36.8 Å². The predicted octanol–water partition coefficient (Wildman–Crippen LogP) is 1.64. The van der Waals surface area contributed by atoms with Crippen LogP contribution in [0, 0.1) is 12.5 Å². The van der Waals surface area contributed by atoms with Crippen LogP contribution in [0.5, 0.6) is 11.5 Å². The highest BCUT2D eigenvalue weighted by Crippen LogP contribution is 2.32. The minimum Gasteiger partial charge on any atom is -0.493 e. The van der Waals surface area contributed by atoms with Gasteiger partial charge in [-0.25, -0.2) is 9.50 Å². The second kappa shape index (κ2) is 10.6. The molecule has 0 bridgehead atoms. The van der Waals surface area contributed by atoms with Crippen LogP contribution in [0.3, 0.4) is 0 Å². The molecular weight excluding hydrogens is 474 g/mol. The molecule has 2 amide bonds. The van der Waals surface area contributed by atoms with E-state index in [2.05, 4.69) is 21.1 Å². The maximum absolute atomic E-state index is 13.4. The molecular formula is C26H29N7O4. The summed E-state index contributed by atoms with van der Waals surface area (Å²) in [4.78, 5) is 39.6. The molecule has 1 aliphatic heterocycles. The van der Waals surface area contributed by atoms with E-state index in [0.717, 1.165) is 11.3 Å². The van der Waals surface area contributed by atoms with Gasteiger partial charge in [-0.15, -0.1) is 0 Å². The molecule has 2 aromatic heterocycles. The second-order valence-corrected chi connectivity index (χ2v) is 8.76. The number of amidine groups is 1. The molecule has 3 aromatic rings. The standard InChI is InChI=1S/C26H29N7O4/c1-7-27-24(30(3)4)26(35)32-13-12-31(16-17(32)2)25(34)19-15-23-28-11-10-20(33(23)29-19)18-8-9-21(36-5)22(14-18)37-6/h1,8-11,14-15,17H,12-13,16H2,2-6H3/t17-/m0/s1. The van der Waals surface area contributed by atoms with Crippen LogP contribution >= 0.6 is 0 Å². The van der Waals surface area contributed by atoms with Crippen molar-refractivity contribution >= 4 is 23.3 Å². The molecule has 0 saturated carbocycles.